The van der Waals surface area contributed by atoms with E-state index >= 15 is 0 Å². The number of halogens is 6. The van der Waals surface area contributed by atoms with Crippen molar-refractivity contribution in [1.82, 2.24) is 5.32 Å². The number of ether oxygens (including phenoxy) is 1. The van der Waals surface area contributed by atoms with Crippen molar-refractivity contribution in [2.24, 2.45) is 22.6 Å². The Morgan fingerprint density at radius 1 is 1.00 bits per heavy atom. The maximum atomic E-state index is 13.4. The lowest BCUT2D eigenvalue weighted by Crippen LogP contribution is -2.50. The number of aliphatic imine (C=N–C) groups is 1. The normalized spacial score (nSPS) is 17.2. The lowest BCUT2D eigenvalue weighted by atomic mass is 9.83. The molecule has 0 saturated heterocycles. The first-order valence-corrected chi connectivity index (χ1v) is 12.4. The Balaban J connectivity index is 2.05. The number of benzene rings is 2. The molecule has 0 bridgehead atoms. The van der Waals surface area contributed by atoms with Crippen LogP contribution in [0.3, 0.4) is 0 Å². The van der Waals surface area contributed by atoms with Gasteiger partial charge in [-0.05, 0) is 31.0 Å². The molecule has 1 aliphatic rings. The number of amides is 3. The fourth-order valence-corrected chi connectivity index (χ4v) is 4.54. The highest BCUT2D eigenvalue weighted by atomic mass is 19.4. The summed E-state index contributed by atoms with van der Waals surface area (Å²) in [5, 5.41) is 2.27. The molecule has 2 aromatic rings. The van der Waals surface area contributed by atoms with Crippen LogP contribution >= 0.6 is 0 Å². The number of hydrogen-bond acceptors (Lipinski definition) is 5. The van der Waals surface area contributed by atoms with Crippen LogP contribution < -0.4 is 20.7 Å². The minimum Gasteiger partial charge on any atom is -0.497 e. The summed E-state index contributed by atoms with van der Waals surface area (Å²) in [6.07, 6.45) is -16.4. The Kier molecular flexibility index (Phi) is 9.66. The van der Waals surface area contributed by atoms with E-state index < -0.39 is 73.8 Å². The van der Waals surface area contributed by atoms with Gasteiger partial charge in [0.1, 0.15) is 5.75 Å². The number of fused-ring (bicyclic) bond motifs is 1. The maximum absolute atomic E-state index is 13.4. The number of carbonyl (C=O) groups is 3. The highest BCUT2D eigenvalue weighted by Gasteiger charge is 2.41. The smallest absolute Gasteiger partial charge is 0.389 e. The number of rotatable bonds is 10. The van der Waals surface area contributed by atoms with Gasteiger partial charge in [0.15, 0.2) is 0 Å². The highest BCUT2D eigenvalue weighted by Crippen LogP contribution is 2.34. The summed E-state index contributed by atoms with van der Waals surface area (Å²) in [5.74, 6) is -6.76. The van der Waals surface area contributed by atoms with Crippen molar-refractivity contribution in [2.75, 3.05) is 19.1 Å². The van der Waals surface area contributed by atoms with Gasteiger partial charge < -0.3 is 20.7 Å². The van der Waals surface area contributed by atoms with Crippen LogP contribution in [0.2, 0.25) is 0 Å². The van der Waals surface area contributed by atoms with E-state index in [1.807, 2.05) is 0 Å². The molecule has 222 valence electrons. The number of benzodiazepines with no additional fused rings is 1. The van der Waals surface area contributed by atoms with Crippen LogP contribution in [0, 0.1) is 11.8 Å². The summed E-state index contributed by atoms with van der Waals surface area (Å²) >= 11 is 0. The van der Waals surface area contributed by atoms with Crippen LogP contribution in [-0.4, -0.2) is 56.1 Å². The molecule has 3 N–H and O–H groups in total. The lowest BCUT2D eigenvalue weighted by Gasteiger charge is -2.27. The predicted octanol–water partition coefficient (Wildman–Crippen LogP) is 4.35. The van der Waals surface area contributed by atoms with Gasteiger partial charge in [-0.3, -0.25) is 14.4 Å². The number of nitrogens with two attached hydrogens (primary N) is 1. The molecule has 41 heavy (non-hydrogen) atoms. The van der Waals surface area contributed by atoms with E-state index in [0.29, 0.717) is 22.6 Å². The molecule has 14 heteroatoms. The van der Waals surface area contributed by atoms with Gasteiger partial charge in [-0.1, -0.05) is 30.3 Å². The van der Waals surface area contributed by atoms with Gasteiger partial charge in [0.25, 0.3) is 5.91 Å². The number of nitrogens with zero attached hydrogens (tertiary/aromatic N) is 2. The van der Waals surface area contributed by atoms with Crippen LogP contribution in [0.4, 0.5) is 32.0 Å². The van der Waals surface area contributed by atoms with Gasteiger partial charge >= 0.3 is 12.4 Å². The Labute approximate surface area is 231 Å². The van der Waals surface area contributed by atoms with E-state index in [1.54, 1.807) is 48.5 Å². The topological polar surface area (TPSA) is 114 Å². The number of methoxy groups -OCH3 is 1. The molecule has 2 aromatic carbocycles. The first-order chi connectivity index (χ1) is 19.1. The van der Waals surface area contributed by atoms with Crippen LogP contribution in [-0.2, 0) is 14.4 Å². The molecular weight excluding hydrogens is 558 g/mol. The minimum atomic E-state index is -4.78. The first kappa shape index (κ1) is 31.4. The quantitative estimate of drug-likeness (QED) is 0.403. The Morgan fingerprint density at radius 2 is 1.59 bits per heavy atom. The number of anilines is 1. The fraction of sp³-hybridized carbons (Fsp3) is 0.407. The third-order valence-electron chi connectivity index (χ3n) is 6.63. The van der Waals surface area contributed by atoms with Crippen molar-refractivity contribution in [1.29, 1.82) is 0 Å². The van der Waals surface area contributed by atoms with E-state index in [9.17, 15) is 40.7 Å². The average molecular weight is 587 g/mol. The molecule has 0 fully saturated rings. The van der Waals surface area contributed by atoms with Crippen LogP contribution in [0.25, 0.3) is 0 Å². The van der Waals surface area contributed by atoms with Crippen molar-refractivity contribution < 1.29 is 45.5 Å². The molecule has 8 nitrogen and oxygen atoms in total. The second kappa shape index (κ2) is 12.6. The Bertz CT molecular complexity index is 1300. The number of hydrogen-bond donors (Lipinski definition) is 2. The average Bonchev–Trinajstić information content (AvgIpc) is 2.99. The van der Waals surface area contributed by atoms with E-state index in [0.717, 1.165) is 0 Å². The second-order valence-electron chi connectivity index (χ2n) is 9.46. The van der Waals surface area contributed by atoms with E-state index in [4.69, 9.17) is 10.5 Å². The first-order valence-electron chi connectivity index (χ1n) is 12.4. The maximum Gasteiger partial charge on any atom is 0.389 e. The molecular formula is C27H28F6N4O4. The zero-order valence-electron chi connectivity index (χ0n) is 22.1. The minimum absolute atomic E-state index is 0.234. The van der Waals surface area contributed by atoms with Crippen molar-refractivity contribution in [3.8, 4) is 5.75 Å². The van der Waals surface area contributed by atoms with Crippen LogP contribution in [0.1, 0.15) is 36.8 Å². The van der Waals surface area contributed by atoms with Crippen molar-refractivity contribution in [3.05, 3.63) is 59.7 Å². The molecule has 3 atom stereocenters. The van der Waals surface area contributed by atoms with Crippen LogP contribution in [0.5, 0.6) is 5.75 Å². The predicted molar refractivity (Wildman–Crippen MR) is 137 cm³/mol. The summed E-state index contributed by atoms with van der Waals surface area (Å²) in [4.78, 5) is 44.5. The van der Waals surface area contributed by atoms with Crippen molar-refractivity contribution >= 4 is 29.1 Å². The molecule has 1 heterocycles. The van der Waals surface area contributed by atoms with Gasteiger partial charge in [0.2, 0.25) is 18.0 Å². The lowest BCUT2D eigenvalue weighted by molar-refractivity contribution is -0.152. The molecule has 0 spiro atoms. The molecule has 0 unspecified atom stereocenters. The summed E-state index contributed by atoms with van der Waals surface area (Å²) in [6, 6.07) is 13.3. The largest absolute Gasteiger partial charge is 0.497 e. The zero-order chi connectivity index (χ0) is 30.5. The van der Waals surface area contributed by atoms with Gasteiger partial charge in [-0.25, -0.2) is 4.99 Å². The monoisotopic (exact) mass is 586 g/mol. The molecule has 0 radical (unpaired) electrons. The number of nitrogens with one attached hydrogen (secondary N) is 1. The highest BCUT2D eigenvalue weighted by molar-refractivity contribution is 6.20. The van der Waals surface area contributed by atoms with Gasteiger partial charge in [-0.2, -0.15) is 26.3 Å². The summed E-state index contributed by atoms with van der Waals surface area (Å²) in [6.45, 7) is 0. The summed E-state index contributed by atoms with van der Waals surface area (Å²) < 4.78 is 83.3. The van der Waals surface area contributed by atoms with E-state index in [-0.39, 0.29) is 5.71 Å². The van der Waals surface area contributed by atoms with Crippen LogP contribution in [0.15, 0.2) is 53.5 Å². The van der Waals surface area contributed by atoms with Gasteiger partial charge in [0, 0.05) is 42.9 Å². The Hall–Kier alpha value is -4.10. The van der Waals surface area contributed by atoms with Gasteiger partial charge in [-0.15, -0.1) is 0 Å². The summed E-state index contributed by atoms with van der Waals surface area (Å²) in [7, 11) is 2.83. The number of carbonyl (C=O) groups excluding carboxylic acids is 3. The fourth-order valence-electron chi connectivity index (χ4n) is 4.54. The molecule has 0 saturated carbocycles. The second-order valence-corrected chi connectivity index (χ2v) is 9.46. The number of alkyl halides is 6. The third-order valence-corrected chi connectivity index (χ3v) is 6.63. The molecule has 3 rings (SSSR count). The number of primary amides is 1. The summed E-state index contributed by atoms with van der Waals surface area (Å²) in [5.41, 5.74) is 6.83. The van der Waals surface area contributed by atoms with E-state index in [1.165, 1.54) is 19.1 Å². The molecule has 1 aliphatic heterocycles. The molecule has 3 amide bonds. The SMILES string of the molecule is COc1ccc2c(c1)C(c1ccccc1)=N[C@H](NC(=O)[C@H](CCC(F)(F)F)[C@H](CCC(F)(F)F)C(N)=O)C(=O)N2C. The van der Waals surface area contributed by atoms with E-state index in [2.05, 4.69) is 10.3 Å². The van der Waals surface area contributed by atoms with Crippen molar-refractivity contribution in [2.45, 2.75) is 44.2 Å². The Morgan fingerprint density at radius 3 is 2.12 bits per heavy atom. The molecule has 0 aromatic heterocycles. The number of likely N-dealkylation sites (N-methyl/N-ethyl adjacent to an activating group) is 1. The zero-order valence-corrected chi connectivity index (χ0v) is 22.1. The van der Waals surface area contributed by atoms with Crippen molar-refractivity contribution in [3.63, 3.8) is 0 Å². The standard InChI is InChI=1S/C27H28F6N4O4/c1-37-20-9-8-16(41-2)14-19(20)21(15-6-4-3-5-7-15)35-23(25(37)40)36-24(39)18(11-13-27(31,32)33)17(22(34)38)10-12-26(28,29)30/h3-9,14,17-18,23H,10-13H2,1-2H3,(H2,34,38)(H,36,39)/t17-,18+,23+/m0/s1. The van der Waals surface area contributed by atoms with Gasteiger partial charge in [0.05, 0.1) is 18.5 Å². The molecule has 0 aliphatic carbocycles. The third kappa shape index (κ3) is 8.21.